The van der Waals surface area contributed by atoms with Crippen LogP contribution in [0.4, 0.5) is 5.69 Å². The summed E-state index contributed by atoms with van der Waals surface area (Å²) < 4.78 is 6.02. The third-order valence-electron chi connectivity index (χ3n) is 4.37. The molecule has 0 aliphatic carbocycles. The third kappa shape index (κ3) is 2.38. The summed E-state index contributed by atoms with van der Waals surface area (Å²) in [6, 6.07) is 18.3. The van der Waals surface area contributed by atoms with Crippen LogP contribution >= 0.6 is 0 Å². The molecule has 107 valence electrons. The van der Waals surface area contributed by atoms with Crippen LogP contribution in [0.15, 0.2) is 42.5 Å². The third-order valence-corrected chi connectivity index (χ3v) is 4.37. The number of piperazine rings is 1. The molecule has 21 heavy (non-hydrogen) atoms. The minimum Gasteiger partial charge on any atom is -0.491 e. The van der Waals surface area contributed by atoms with E-state index in [4.69, 9.17) is 4.74 Å². The molecule has 0 unspecified atom stereocenters. The Labute approximate surface area is 125 Å². The van der Waals surface area contributed by atoms with Gasteiger partial charge in [0.1, 0.15) is 5.75 Å². The van der Waals surface area contributed by atoms with E-state index in [0.717, 1.165) is 38.4 Å². The molecule has 1 N–H and O–H groups in total. The van der Waals surface area contributed by atoms with Crippen LogP contribution < -0.4 is 15.0 Å². The number of nitrogens with zero attached hydrogens (tertiary/aromatic N) is 1. The number of benzene rings is 2. The highest BCUT2D eigenvalue weighted by Crippen LogP contribution is 2.37. The predicted octanol–water partition coefficient (Wildman–Crippen LogP) is 2.71. The van der Waals surface area contributed by atoms with Gasteiger partial charge in [-0.3, -0.25) is 0 Å². The molecule has 0 bridgehead atoms. The van der Waals surface area contributed by atoms with Gasteiger partial charge >= 0.3 is 0 Å². The molecule has 3 nitrogen and oxygen atoms in total. The minimum absolute atomic E-state index is 0.552. The largest absolute Gasteiger partial charge is 0.491 e. The number of fused-ring (bicyclic) bond motifs is 3. The van der Waals surface area contributed by atoms with Gasteiger partial charge in [0.2, 0.25) is 0 Å². The molecule has 1 fully saturated rings. The van der Waals surface area contributed by atoms with Crippen molar-refractivity contribution in [3.8, 4) is 16.9 Å². The summed E-state index contributed by atoms with van der Waals surface area (Å²) in [5.41, 5.74) is 3.62. The van der Waals surface area contributed by atoms with Crippen molar-refractivity contribution in [1.29, 1.82) is 0 Å². The predicted molar refractivity (Wildman–Crippen MR) is 84.8 cm³/mol. The first kappa shape index (κ1) is 12.7. The van der Waals surface area contributed by atoms with E-state index in [1.54, 1.807) is 0 Å². The summed E-state index contributed by atoms with van der Waals surface area (Å²) in [6.07, 6.45) is 1.08. The average Bonchev–Trinajstić information content (AvgIpc) is 2.74. The van der Waals surface area contributed by atoms with Gasteiger partial charge in [-0.25, -0.2) is 0 Å². The van der Waals surface area contributed by atoms with Gasteiger partial charge in [-0.05, 0) is 35.4 Å². The van der Waals surface area contributed by atoms with Gasteiger partial charge in [-0.2, -0.15) is 0 Å². The molecule has 2 heterocycles. The van der Waals surface area contributed by atoms with E-state index in [1.807, 2.05) is 18.2 Å². The lowest BCUT2D eigenvalue weighted by molar-refractivity contribution is 0.304. The molecule has 2 aliphatic heterocycles. The fourth-order valence-corrected chi connectivity index (χ4v) is 3.26. The number of ether oxygens (including phenoxy) is 1. The Hall–Kier alpha value is -2.00. The fraction of sp³-hybridized carbons (Fsp3) is 0.333. The van der Waals surface area contributed by atoms with Crippen molar-refractivity contribution in [2.75, 3.05) is 31.1 Å². The summed E-state index contributed by atoms with van der Waals surface area (Å²) in [5.74, 6) is 1.01. The van der Waals surface area contributed by atoms with Crippen LogP contribution in [0.3, 0.4) is 0 Å². The van der Waals surface area contributed by atoms with Crippen LogP contribution in [0.2, 0.25) is 0 Å². The second kappa shape index (κ2) is 5.41. The first-order valence-electron chi connectivity index (χ1n) is 7.62. The fourth-order valence-electron chi connectivity index (χ4n) is 3.26. The smallest absolute Gasteiger partial charge is 0.143 e. The molecule has 2 aromatic rings. The number of nitrogens with one attached hydrogen (secondary N) is 1. The Kier molecular flexibility index (Phi) is 3.28. The highest BCUT2D eigenvalue weighted by molar-refractivity contribution is 5.72. The second-order valence-corrected chi connectivity index (χ2v) is 5.66. The monoisotopic (exact) mass is 279 g/mol. The van der Waals surface area contributed by atoms with Crippen LogP contribution in [0.25, 0.3) is 11.1 Å². The molecule has 1 atom stereocenters. The molecular weight excluding hydrogens is 260 g/mol. The van der Waals surface area contributed by atoms with Crippen molar-refractivity contribution in [1.82, 2.24) is 5.32 Å². The Bertz CT molecular complexity index is 626. The maximum Gasteiger partial charge on any atom is 0.143 e. The summed E-state index contributed by atoms with van der Waals surface area (Å²) >= 11 is 0. The van der Waals surface area contributed by atoms with E-state index >= 15 is 0 Å². The lowest BCUT2D eigenvalue weighted by Gasteiger charge is -2.36. The first-order chi connectivity index (χ1) is 10.4. The van der Waals surface area contributed by atoms with Crippen LogP contribution in [-0.4, -0.2) is 32.3 Å². The second-order valence-electron chi connectivity index (χ2n) is 5.66. The molecule has 0 spiro atoms. The van der Waals surface area contributed by atoms with Gasteiger partial charge in [-0.1, -0.05) is 24.3 Å². The zero-order valence-corrected chi connectivity index (χ0v) is 12.0. The molecule has 0 aromatic heterocycles. The van der Waals surface area contributed by atoms with Crippen LogP contribution in [0.1, 0.15) is 6.42 Å². The van der Waals surface area contributed by atoms with E-state index in [1.165, 1.54) is 16.8 Å². The van der Waals surface area contributed by atoms with Crippen molar-refractivity contribution in [3.05, 3.63) is 48.5 Å². The van der Waals surface area contributed by atoms with E-state index in [0.29, 0.717) is 6.04 Å². The molecule has 1 saturated heterocycles. The number of rotatable bonds is 1. The quantitative estimate of drug-likeness (QED) is 0.868. The molecule has 2 aromatic carbocycles. The van der Waals surface area contributed by atoms with Crippen LogP contribution in [-0.2, 0) is 0 Å². The van der Waals surface area contributed by atoms with Gasteiger partial charge in [0.15, 0.2) is 0 Å². The van der Waals surface area contributed by atoms with E-state index in [-0.39, 0.29) is 0 Å². The lowest BCUT2D eigenvalue weighted by atomic mass is 10.0. The average molecular weight is 279 g/mol. The number of anilines is 1. The minimum atomic E-state index is 0.552. The molecule has 0 saturated carbocycles. The highest BCUT2D eigenvalue weighted by Gasteiger charge is 2.27. The lowest BCUT2D eigenvalue weighted by Crippen LogP contribution is -2.51. The number of hydrogen-bond acceptors (Lipinski definition) is 3. The van der Waals surface area contributed by atoms with Crippen molar-refractivity contribution < 1.29 is 4.74 Å². The van der Waals surface area contributed by atoms with Gasteiger partial charge < -0.3 is 15.0 Å². The van der Waals surface area contributed by atoms with E-state index in [2.05, 4.69) is 40.5 Å². The molecule has 2 aliphatic rings. The molecule has 0 amide bonds. The molecule has 4 rings (SSSR count). The topological polar surface area (TPSA) is 24.5 Å². The summed E-state index contributed by atoms with van der Waals surface area (Å²) in [7, 11) is 0. The van der Waals surface area contributed by atoms with Crippen molar-refractivity contribution in [2.45, 2.75) is 12.5 Å². The maximum atomic E-state index is 6.02. The van der Waals surface area contributed by atoms with Gasteiger partial charge in [-0.15, -0.1) is 0 Å². The standard InChI is InChI=1S/C18H19N2O/c1-2-4-14(5-3-1)15-6-7-17-18(12-15)21-11-8-16-13-19-9-10-20(16)17/h1-2,4-7,12,16,19H,8-11,13H2/t16-/m0/s1. The van der Waals surface area contributed by atoms with Crippen molar-refractivity contribution in [3.63, 3.8) is 0 Å². The van der Waals surface area contributed by atoms with Crippen molar-refractivity contribution >= 4 is 5.69 Å². The normalized spacial score (nSPS) is 21.0. The number of hydrogen-bond donors (Lipinski definition) is 1. The summed E-state index contributed by atoms with van der Waals surface area (Å²) in [4.78, 5) is 2.50. The summed E-state index contributed by atoms with van der Waals surface area (Å²) in [5, 5.41) is 3.48. The van der Waals surface area contributed by atoms with Crippen LogP contribution in [0.5, 0.6) is 5.75 Å². The van der Waals surface area contributed by atoms with Gasteiger partial charge in [0, 0.05) is 32.1 Å². The Morgan fingerprint density at radius 1 is 1.24 bits per heavy atom. The molecule has 1 radical (unpaired) electrons. The zero-order chi connectivity index (χ0) is 14.1. The van der Waals surface area contributed by atoms with Gasteiger partial charge in [0.25, 0.3) is 0 Å². The van der Waals surface area contributed by atoms with E-state index < -0.39 is 0 Å². The van der Waals surface area contributed by atoms with Crippen LogP contribution in [0, 0.1) is 6.07 Å². The Balaban J connectivity index is 1.73. The first-order valence-corrected chi connectivity index (χ1v) is 7.62. The van der Waals surface area contributed by atoms with Crippen molar-refractivity contribution in [2.24, 2.45) is 0 Å². The summed E-state index contributed by atoms with van der Waals surface area (Å²) in [6.45, 7) is 3.95. The Morgan fingerprint density at radius 3 is 3.14 bits per heavy atom. The van der Waals surface area contributed by atoms with E-state index in [9.17, 15) is 0 Å². The highest BCUT2D eigenvalue weighted by atomic mass is 16.5. The zero-order valence-electron chi connectivity index (χ0n) is 12.0. The maximum absolute atomic E-state index is 6.02. The van der Waals surface area contributed by atoms with Gasteiger partial charge in [0.05, 0.1) is 12.3 Å². The Morgan fingerprint density at radius 2 is 2.24 bits per heavy atom. The molecular formula is C18H19N2O. The SMILES string of the molecule is [c]1cccc(-c2ccc3c(c2)OCC[C@H]2CNCCN32)c1. The molecule has 3 heteroatoms.